The largest absolute Gasteiger partial charge is 0.353 e. The standard InChI is InChI=1S/C11H9N3O3S/c15-8-6-12-11(18)14(8)10(17)13-9(16)7-4-2-1-3-5-7/h1-5H,6H2,(H,12,18)(H,13,16,17). The van der Waals surface area contributed by atoms with E-state index in [-0.39, 0.29) is 11.7 Å². The SMILES string of the molecule is O=C(NC(=O)N1C(=O)CNC1=S)c1ccccc1. The quantitative estimate of drug-likeness (QED) is 0.710. The van der Waals surface area contributed by atoms with Gasteiger partial charge in [-0.05, 0) is 24.4 Å². The van der Waals surface area contributed by atoms with E-state index < -0.39 is 17.8 Å². The van der Waals surface area contributed by atoms with Crippen molar-refractivity contribution in [2.75, 3.05) is 6.54 Å². The zero-order chi connectivity index (χ0) is 13.1. The van der Waals surface area contributed by atoms with Gasteiger partial charge >= 0.3 is 6.03 Å². The highest BCUT2D eigenvalue weighted by molar-refractivity contribution is 7.80. The first-order chi connectivity index (χ1) is 8.59. The first-order valence-electron chi connectivity index (χ1n) is 5.11. The Labute approximate surface area is 108 Å². The van der Waals surface area contributed by atoms with Crippen molar-refractivity contribution in [2.24, 2.45) is 0 Å². The average molecular weight is 263 g/mol. The summed E-state index contributed by atoms with van der Waals surface area (Å²) in [6.45, 7) is -0.0359. The number of imide groups is 2. The Balaban J connectivity index is 2.06. The third-order valence-electron chi connectivity index (χ3n) is 2.30. The summed E-state index contributed by atoms with van der Waals surface area (Å²) in [5.41, 5.74) is 0.330. The van der Waals surface area contributed by atoms with Gasteiger partial charge in [-0.3, -0.25) is 14.9 Å². The Morgan fingerprint density at radius 1 is 1.28 bits per heavy atom. The zero-order valence-electron chi connectivity index (χ0n) is 9.17. The fraction of sp³-hybridized carbons (Fsp3) is 0.0909. The molecule has 1 aromatic rings. The number of rotatable bonds is 1. The molecule has 1 aliphatic heterocycles. The molecule has 1 saturated heterocycles. The van der Waals surface area contributed by atoms with Gasteiger partial charge in [0.2, 0.25) is 0 Å². The molecule has 6 nitrogen and oxygen atoms in total. The number of carbonyl (C=O) groups is 3. The predicted octanol–water partition coefficient (Wildman–Crippen LogP) is 0.253. The molecule has 0 radical (unpaired) electrons. The van der Waals surface area contributed by atoms with E-state index in [1.165, 1.54) is 0 Å². The third-order valence-corrected chi connectivity index (χ3v) is 2.63. The molecule has 18 heavy (non-hydrogen) atoms. The molecule has 0 atom stereocenters. The number of nitrogens with zero attached hydrogens (tertiary/aromatic N) is 1. The maximum atomic E-state index is 11.7. The molecule has 2 rings (SSSR count). The van der Waals surface area contributed by atoms with E-state index in [2.05, 4.69) is 10.6 Å². The maximum Gasteiger partial charge on any atom is 0.337 e. The van der Waals surface area contributed by atoms with E-state index in [1.54, 1.807) is 30.3 Å². The smallest absolute Gasteiger partial charge is 0.337 e. The van der Waals surface area contributed by atoms with E-state index in [1.807, 2.05) is 0 Å². The first-order valence-corrected chi connectivity index (χ1v) is 5.51. The molecule has 0 spiro atoms. The maximum absolute atomic E-state index is 11.7. The van der Waals surface area contributed by atoms with Crippen LogP contribution in [-0.2, 0) is 4.79 Å². The Bertz CT molecular complexity index is 514. The molecular weight excluding hydrogens is 254 g/mol. The molecule has 0 unspecified atom stereocenters. The van der Waals surface area contributed by atoms with Crippen LogP contribution in [0.5, 0.6) is 0 Å². The molecule has 4 amide bonds. The van der Waals surface area contributed by atoms with Gasteiger partial charge in [0.05, 0.1) is 6.54 Å². The second-order valence-electron chi connectivity index (χ2n) is 3.51. The van der Waals surface area contributed by atoms with Gasteiger partial charge < -0.3 is 5.32 Å². The van der Waals surface area contributed by atoms with Gasteiger partial charge in [0.15, 0.2) is 5.11 Å². The first kappa shape index (κ1) is 12.2. The summed E-state index contributed by atoms with van der Waals surface area (Å²) in [4.78, 5) is 35.5. The number of carbonyl (C=O) groups excluding carboxylic acids is 3. The third kappa shape index (κ3) is 2.35. The Kier molecular flexibility index (Phi) is 3.33. The van der Waals surface area contributed by atoms with Crippen molar-refractivity contribution >= 4 is 35.2 Å². The summed E-state index contributed by atoms with van der Waals surface area (Å²) < 4.78 is 0. The summed E-state index contributed by atoms with van der Waals surface area (Å²) in [6, 6.07) is 7.38. The number of benzene rings is 1. The van der Waals surface area contributed by atoms with Crippen LogP contribution in [0, 0.1) is 0 Å². The topological polar surface area (TPSA) is 78.5 Å². The minimum Gasteiger partial charge on any atom is -0.353 e. The van der Waals surface area contributed by atoms with Crippen LogP contribution in [0.2, 0.25) is 0 Å². The lowest BCUT2D eigenvalue weighted by Gasteiger charge is -2.12. The molecule has 2 N–H and O–H groups in total. The van der Waals surface area contributed by atoms with Gasteiger partial charge in [0, 0.05) is 5.56 Å². The summed E-state index contributed by atoms with van der Waals surface area (Å²) in [5.74, 6) is -1.07. The average Bonchev–Trinajstić information content (AvgIpc) is 2.70. The number of thiocarbonyl (C=S) groups is 1. The summed E-state index contributed by atoms with van der Waals surface area (Å²) in [5, 5.41) is 4.65. The van der Waals surface area contributed by atoms with Gasteiger partial charge in [-0.25, -0.2) is 9.69 Å². The monoisotopic (exact) mass is 263 g/mol. The zero-order valence-corrected chi connectivity index (χ0v) is 9.99. The van der Waals surface area contributed by atoms with E-state index in [0.717, 1.165) is 4.90 Å². The normalized spacial score (nSPS) is 14.3. The minimum absolute atomic E-state index is 0.00152. The van der Waals surface area contributed by atoms with Crippen molar-refractivity contribution in [1.29, 1.82) is 0 Å². The van der Waals surface area contributed by atoms with Gasteiger partial charge in [0.25, 0.3) is 11.8 Å². The van der Waals surface area contributed by atoms with Crippen LogP contribution in [0.3, 0.4) is 0 Å². The van der Waals surface area contributed by atoms with E-state index >= 15 is 0 Å². The fourth-order valence-corrected chi connectivity index (χ4v) is 1.70. The fourth-order valence-electron chi connectivity index (χ4n) is 1.44. The van der Waals surface area contributed by atoms with Crippen LogP contribution < -0.4 is 10.6 Å². The lowest BCUT2D eigenvalue weighted by atomic mass is 10.2. The van der Waals surface area contributed by atoms with Gasteiger partial charge in [-0.1, -0.05) is 18.2 Å². The summed E-state index contributed by atoms with van der Waals surface area (Å²) in [6.07, 6.45) is 0. The Morgan fingerprint density at radius 3 is 2.50 bits per heavy atom. The molecule has 1 aromatic carbocycles. The van der Waals surface area contributed by atoms with Crippen molar-refractivity contribution in [3.05, 3.63) is 35.9 Å². The summed E-state index contributed by atoms with van der Waals surface area (Å²) >= 11 is 4.79. The van der Waals surface area contributed by atoms with E-state index in [9.17, 15) is 14.4 Å². The number of hydrogen-bond acceptors (Lipinski definition) is 4. The molecule has 92 valence electrons. The molecule has 1 heterocycles. The number of amides is 4. The van der Waals surface area contributed by atoms with Crippen LogP contribution in [0.15, 0.2) is 30.3 Å². The minimum atomic E-state index is -0.844. The molecule has 1 aliphatic rings. The molecule has 0 aromatic heterocycles. The second kappa shape index (κ2) is 4.92. The Hall–Kier alpha value is -2.28. The van der Waals surface area contributed by atoms with E-state index in [0.29, 0.717) is 5.56 Å². The highest BCUT2D eigenvalue weighted by Crippen LogP contribution is 2.02. The van der Waals surface area contributed by atoms with Gasteiger partial charge in [-0.15, -0.1) is 0 Å². The van der Waals surface area contributed by atoms with Crippen molar-refractivity contribution in [3.8, 4) is 0 Å². The van der Waals surface area contributed by atoms with Gasteiger partial charge in [-0.2, -0.15) is 0 Å². The van der Waals surface area contributed by atoms with Gasteiger partial charge in [0.1, 0.15) is 0 Å². The number of hydrogen-bond donors (Lipinski definition) is 2. The number of urea groups is 1. The Morgan fingerprint density at radius 2 is 1.94 bits per heavy atom. The summed E-state index contributed by atoms with van der Waals surface area (Å²) in [7, 11) is 0. The van der Waals surface area contributed by atoms with Crippen molar-refractivity contribution in [2.45, 2.75) is 0 Å². The molecule has 0 saturated carbocycles. The molecular formula is C11H9N3O3S. The van der Waals surface area contributed by atoms with Crippen LogP contribution in [0.1, 0.15) is 10.4 Å². The van der Waals surface area contributed by atoms with Crippen LogP contribution in [0.4, 0.5) is 4.79 Å². The van der Waals surface area contributed by atoms with Crippen LogP contribution in [-0.4, -0.2) is 34.4 Å². The van der Waals surface area contributed by atoms with E-state index in [4.69, 9.17) is 12.2 Å². The molecule has 1 fully saturated rings. The predicted molar refractivity (Wildman–Crippen MR) is 66.8 cm³/mol. The lowest BCUT2D eigenvalue weighted by molar-refractivity contribution is -0.122. The van der Waals surface area contributed by atoms with Crippen LogP contribution >= 0.6 is 12.2 Å². The highest BCUT2D eigenvalue weighted by Gasteiger charge is 2.32. The molecule has 7 heteroatoms. The van der Waals surface area contributed by atoms with Crippen molar-refractivity contribution in [3.63, 3.8) is 0 Å². The molecule has 0 aliphatic carbocycles. The second-order valence-corrected chi connectivity index (χ2v) is 3.90. The lowest BCUT2D eigenvalue weighted by Crippen LogP contribution is -2.46. The van der Waals surface area contributed by atoms with Crippen molar-refractivity contribution in [1.82, 2.24) is 15.5 Å². The van der Waals surface area contributed by atoms with Crippen LogP contribution in [0.25, 0.3) is 0 Å². The highest BCUT2D eigenvalue weighted by atomic mass is 32.1. The van der Waals surface area contributed by atoms with Crippen molar-refractivity contribution < 1.29 is 14.4 Å². The molecule has 0 bridgehead atoms. The number of nitrogens with one attached hydrogen (secondary N) is 2.